The van der Waals surface area contributed by atoms with Crippen molar-refractivity contribution in [1.82, 2.24) is 19.0 Å². The zero-order valence-corrected chi connectivity index (χ0v) is 15.3. The molecule has 3 rings (SSSR count). The molecule has 2 aromatic heterocycles. The molecule has 0 spiro atoms. The molecule has 1 fully saturated rings. The fourth-order valence-corrected chi connectivity index (χ4v) is 4.41. The highest BCUT2D eigenvalue weighted by atomic mass is 32.2. The Bertz CT molecular complexity index is 859. The van der Waals surface area contributed by atoms with Gasteiger partial charge in [0.05, 0.1) is 11.9 Å². The number of likely N-dealkylation sites (tertiary alicyclic amines) is 1. The van der Waals surface area contributed by atoms with Crippen LogP contribution in [0.5, 0.6) is 0 Å². The first-order valence-electron chi connectivity index (χ1n) is 8.07. The maximum absolute atomic E-state index is 12.1. The summed E-state index contributed by atoms with van der Waals surface area (Å²) < 4.78 is 26.5. The maximum Gasteiger partial charge on any atom is 0.258 e. The van der Waals surface area contributed by atoms with Gasteiger partial charge in [0.15, 0.2) is 4.96 Å². The van der Waals surface area contributed by atoms with Crippen LogP contribution in [0, 0.1) is 0 Å². The summed E-state index contributed by atoms with van der Waals surface area (Å²) in [6.45, 7) is 2.03. The summed E-state index contributed by atoms with van der Waals surface area (Å²) >= 11 is 1.45. The van der Waals surface area contributed by atoms with Crippen LogP contribution in [0.25, 0.3) is 4.96 Å². The molecule has 132 valence electrons. The van der Waals surface area contributed by atoms with Gasteiger partial charge in [-0.3, -0.25) is 14.1 Å². The number of rotatable bonds is 6. The fraction of sp³-hybridized carbons (Fsp3) is 0.600. The summed E-state index contributed by atoms with van der Waals surface area (Å²) in [6.07, 6.45) is 7.01. The van der Waals surface area contributed by atoms with E-state index in [1.165, 1.54) is 17.6 Å². The highest BCUT2D eigenvalue weighted by molar-refractivity contribution is 7.88. The van der Waals surface area contributed by atoms with Crippen molar-refractivity contribution in [2.75, 3.05) is 19.3 Å². The number of hydrogen-bond donors (Lipinski definition) is 1. The Hall–Kier alpha value is -1.29. The van der Waals surface area contributed by atoms with Crippen LogP contribution in [0.2, 0.25) is 0 Å². The molecular weight excluding hydrogens is 348 g/mol. The molecule has 0 aliphatic carbocycles. The average Bonchev–Trinajstić information content (AvgIpc) is 2.97. The van der Waals surface area contributed by atoms with Gasteiger partial charge in [-0.15, -0.1) is 11.3 Å². The van der Waals surface area contributed by atoms with E-state index in [9.17, 15) is 13.2 Å². The third kappa shape index (κ3) is 4.41. The summed E-state index contributed by atoms with van der Waals surface area (Å²) in [6, 6.07) is 1.91. The highest BCUT2D eigenvalue weighted by Crippen LogP contribution is 2.21. The molecule has 1 saturated heterocycles. The number of piperidine rings is 1. The number of hydrogen-bond acceptors (Lipinski definition) is 6. The fourth-order valence-electron chi connectivity index (χ4n) is 3.18. The Morgan fingerprint density at radius 2 is 2.25 bits per heavy atom. The lowest BCUT2D eigenvalue weighted by atomic mass is 9.99. The zero-order valence-electron chi connectivity index (χ0n) is 13.6. The van der Waals surface area contributed by atoms with Crippen molar-refractivity contribution in [3.8, 4) is 0 Å². The van der Waals surface area contributed by atoms with Gasteiger partial charge in [0.1, 0.15) is 0 Å². The number of sulfonamides is 1. The summed E-state index contributed by atoms with van der Waals surface area (Å²) in [4.78, 5) is 19.7. The van der Waals surface area contributed by atoms with E-state index < -0.39 is 10.0 Å². The predicted octanol–water partition coefficient (Wildman–Crippen LogP) is 1.05. The van der Waals surface area contributed by atoms with E-state index >= 15 is 0 Å². The van der Waals surface area contributed by atoms with E-state index in [1.54, 1.807) is 16.7 Å². The molecule has 1 aliphatic heterocycles. The Kier molecular flexibility index (Phi) is 5.33. The monoisotopic (exact) mass is 370 g/mol. The topological polar surface area (TPSA) is 83.8 Å². The van der Waals surface area contributed by atoms with E-state index in [0.717, 1.165) is 37.9 Å². The first kappa shape index (κ1) is 17.5. The third-order valence-electron chi connectivity index (χ3n) is 4.31. The molecule has 9 heteroatoms. The van der Waals surface area contributed by atoms with Crippen LogP contribution in [0.1, 0.15) is 31.4 Å². The molecule has 1 atom stereocenters. The van der Waals surface area contributed by atoms with Crippen LogP contribution in [0.3, 0.4) is 0 Å². The lowest BCUT2D eigenvalue weighted by Gasteiger charge is -2.35. The summed E-state index contributed by atoms with van der Waals surface area (Å²) in [5.74, 6) is 0. The Morgan fingerprint density at radius 1 is 1.42 bits per heavy atom. The second kappa shape index (κ2) is 7.30. The van der Waals surface area contributed by atoms with Gasteiger partial charge in [-0.25, -0.2) is 18.1 Å². The lowest BCUT2D eigenvalue weighted by molar-refractivity contribution is 0.131. The summed E-state index contributed by atoms with van der Waals surface area (Å²) in [5.41, 5.74) is 0.731. The largest absolute Gasteiger partial charge is 0.295 e. The van der Waals surface area contributed by atoms with Gasteiger partial charge in [0, 0.05) is 36.8 Å². The molecule has 7 nitrogen and oxygen atoms in total. The van der Waals surface area contributed by atoms with Crippen molar-refractivity contribution in [2.45, 2.75) is 38.3 Å². The van der Waals surface area contributed by atoms with Crippen molar-refractivity contribution in [3.05, 3.63) is 33.7 Å². The molecule has 0 radical (unpaired) electrons. The smallest absolute Gasteiger partial charge is 0.258 e. The Balaban J connectivity index is 1.69. The molecule has 0 bridgehead atoms. The molecule has 1 aliphatic rings. The minimum absolute atomic E-state index is 0.0523. The molecule has 0 saturated carbocycles. The number of aromatic nitrogens is 2. The Morgan fingerprint density at radius 3 is 3.04 bits per heavy atom. The van der Waals surface area contributed by atoms with Crippen LogP contribution < -0.4 is 10.3 Å². The van der Waals surface area contributed by atoms with Gasteiger partial charge in [-0.2, -0.15) is 0 Å². The van der Waals surface area contributed by atoms with E-state index in [4.69, 9.17) is 0 Å². The standard InChI is InChI=1S/C15H22N4O3S2/c1-24(21,22)16-6-5-13-4-2-3-7-18(13)11-12-10-14(20)19-8-9-23-15(19)17-12/h8-10,13,16H,2-7,11H2,1H3/t13-/m0/s1. The molecule has 3 heterocycles. The first-order valence-corrected chi connectivity index (χ1v) is 10.8. The second-order valence-electron chi connectivity index (χ2n) is 6.22. The van der Waals surface area contributed by atoms with Crippen LogP contribution in [-0.2, 0) is 16.6 Å². The average molecular weight is 371 g/mol. The van der Waals surface area contributed by atoms with Gasteiger partial charge in [0.25, 0.3) is 5.56 Å². The molecule has 0 amide bonds. The number of nitrogens with zero attached hydrogens (tertiary/aromatic N) is 3. The molecule has 0 aromatic carbocycles. The van der Waals surface area contributed by atoms with Gasteiger partial charge in [-0.05, 0) is 25.8 Å². The number of fused-ring (bicyclic) bond motifs is 1. The molecule has 2 aromatic rings. The highest BCUT2D eigenvalue weighted by Gasteiger charge is 2.23. The molecule has 24 heavy (non-hydrogen) atoms. The van der Waals surface area contributed by atoms with Gasteiger partial charge >= 0.3 is 0 Å². The minimum atomic E-state index is -3.15. The number of nitrogens with one attached hydrogen (secondary N) is 1. The lowest BCUT2D eigenvalue weighted by Crippen LogP contribution is -2.41. The van der Waals surface area contributed by atoms with E-state index in [0.29, 0.717) is 24.1 Å². The van der Waals surface area contributed by atoms with Crippen molar-refractivity contribution >= 4 is 26.3 Å². The molecular formula is C15H22N4O3S2. The first-order chi connectivity index (χ1) is 11.4. The second-order valence-corrected chi connectivity index (χ2v) is 8.92. The minimum Gasteiger partial charge on any atom is -0.295 e. The van der Waals surface area contributed by atoms with Crippen LogP contribution in [0.15, 0.2) is 22.4 Å². The normalized spacial score (nSPS) is 19.8. The predicted molar refractivity (Wildman–Crippen MR) is 94.9 cm³/mol. The summed E-state index contributed by atoms with van der Waals surface area (Å²) in [7, 11) is -3.15. The van der Waals surface area contributed by atoms with Crippen LogP contribution >= 0.6 is 11.3 Å². The van der Waals surface area contributed by atoms with E-state index in [1.807, 2.05) is 5.38 Å². The maximum atomic E-state index is 12.1. The number of thiazole rings is 1. The van der Waals surface area contributed by atoms with Crippen molar-refractivity contribution in [3.63, 3.8) is 0 Å². The third-order valence-corrected chi connectivity index (χ3v) is 5.80. The Labute approximate surface area is 145 Å². The zero-order chi connectivity index (χ0) is 17.2. The van der Waals surface area contributed by atoms with Crippen LogP contribution in [-0.4, -0.2) is 48.1 Å². The van der Waals surface area contributed by atoms with Crippen LogP contribution in [0.4, 0.5) is 0 Å². The van der Waals surface area contributed by atoms with Crippen molar-refractivity contribution in [1.29, 1.82) is 0 Å². The summed E-state index contributed by atoms with van der Waals surface area (Å²) in [5, 5.41) is 1.86. The van der Waals surface area contributed by atoms with Crippen molar-refractivity contribution in [2.24, 2.45) is 0 Å². The quantitative estimate of drug-likeness (QED) is 0.822. The van der Waals surface area contributed by atoms with E-state index in [2.05, 4.69) is 14.6 Å². The SMILES string of the molecule is CS(=O)(=O)NCC[C@@H]1CCCCN1Cc1cc(=O)n2ccsc2n1. The van der Waals surface area contributed by atoms with Gasteiger partial charge < -0.3 is 0 Å². The van der Waals surface area contributed by atoms with Crippen molar-refractivity contribution < 1.29 is 8.42 Å². The van der Waals surface area contributed by atoms with E-state index in [-0.39, 0.29) is 5.56 Å². The molecule has 0 unspecified atom stereocenters. The molecule has 1 N–H and O–H groups in total. The van der Waals surface area contributed by atoms with Gasteiger partial charge in [0.2, 0.25) is 10.0 Å². The van der Waals surface area contributed by atoms with Gasteiger partial charge in [-0.1, -0.05) is 6.42 Å².